The minimum absolute atomic E-state index is 0. The number of nitrogens with two attached hydrogens (primary N) is 1. The van der Waals surface area contributed by atoms with Crippen molar-refractivity contribution in [3.63, 3.8) is 0 Å². The topological polar surface area (TPSA) is 99.6 Å². The van der Waals surface area contributed by atoms with Crippen LogP contribution in [0.5, 0.6) is 11.5 Å². The van der Waals surface area contributed by atoms with E-state index in [-0.39, 0.29) is 53.2 Å². The average molecular weight is 444 g/mol. The van der Waals surface area contributed by atoms with E-state index in [1.807, 2.05) is 0 Å². The number of rotatable bonds is 9. The number of hydrogen-bond acceptors (Lipinski definition) is 6. The molecular weight excluding hydrogens is 420 g/mol. The molecule has 164 valence electrons. The molecule has 0 radical (unpaired) electrons. The Kier molecular flexibility index (Phi) is 6.82. The summed E-state index contributed by atoms with van der Waals surface area (Å²) in [7, 11) is 0. The molecule has 10 heteroatoms. The van der Waals surface area contributed by atoms with Gasteiger partial charge in [-0.2, -0.15) is 8.78 Å². The Bertz CT molecular complexity index is 898. The highest BCUT2D eigenvalue weighted by Crippen LogP contribution is 2.37. The van der Waals surface area contributed by atoms with Crippen LogP contribution in [-0.2, 0) is 0 Å². The maximum Gasteiger partial charge on any atom is 0.387 e. The van der Waals surface area contributed by atoms with Gasteiger partial charge in [0.05, 0.1) is 12.6 Å². The number of amides is 1. The second-order valence-electron chi connectivity index (χ2n) is 7.56. The van der Waals surface area contributed by atoms with Gasteiger partial charge in [0.25, 0.3) is 5.91 Å². The zero-order valence-electron chi connectivity index (χ0n) is 16.4. The summed E-state index contributed by atoms with van der Waals surface area (Å²) in [6, 6.07) is 4.06. The van der Waals surface area contributed by atoms with Gasteiger partial charge in [-0.15, -0.1) is 12.4 Å². The molecule has 1 amide bonds. The van der Waals surface area contributed by atoms with Crippen LogP contribution in [0.15, 0.2) is 22.6 Å². The predicted molar refractivity (Wildman–Crippen MR) is 107 cm³/mol. The SMILES string of the molecule is CC(N)c1oc(-c2ccc(OC(F)F)c(OCC3CC3)c2)nc1C(=O)NC1CC1.Cl. The summed E-state index contributed by atoms with van der Waals surface area (Å²) in [5.74, 6) is 0.652. The van der Waals surface area contributed by atoms with Gasteiger partial charge in [0.15, 0.2) is 23.0 Å². The Hall–Kier alpha value is -2.39. The van der Waals surface area contributed by atoms with Crippen LogP contribution in [0, 0.1) is 5.92 Å². The smallest absolute Gasteiger partial charge is 0.387 e. The van der Waals surface area contributed by atoms with Crippen molar-refractivity contribution in [1.82, 2.24) is 10.3 Å². The van der Waals surface area contributed by atoms with Gasteiger partial charge in [-0.05, 0) is 56.7 Å². The van der Waals surface area contributed by atoms with Gasteiger partial charge >= 0.3 is 6.61 Å². The van der Waals surface area contributed by atoms with Crippen molar-refractivity contribution < 1.29 is 27.5 Å². The van der Waals surface area contributed by atoms with Gasteiger partial charge < -0.3 is 24.9 Å². The minimum atomic E-state index is -2.96. The molecule has 2 saturated carbocycles. The van der Waals surface area contributed by atoms with Crippen LogP contribution in [0.25, 0.3) is 11.5 Å². The molecule has 4 rings (SSSR count). The van der Waals surface area contributed by atoms with Crippen LogP contribution in [0.3, 0.4) is 0 Å². The number of carbonyl (C=O) groups excluding carboxylic acids is 1. The summed E-state index contributed by atoms with van der Waals surface area (Å²) in [4.78, 5) is 16.8. The molecule has 1 aromatic heterocycles. The molecule has 2 aliphatic carbocycles. The van der Waals surface area contributed by atoms with Crippen molar-refractivity contribution in [1.29, 1.82) is 0 Å². The number of nitrogens with zero attached hydrogens (tertiary/aromatic N) is 1. The lowest BCUT2D eigenvalue weighted by atomic mass is 10.2. The molecule has 2 fully saturated rings. The first-order chi connectivity index (χ1) is 13.9. The van der Waals surface area contributed by atoms with Gasteiger partial charge in [-0.1, -0.05) is 0 Å². The van der Waals surface area contributed by atoms with E-state index in [1.165, 1.54) is 18.2 Å². The lowest BCUT2D eigenvalue weighted by molar-refractivity contribution is -0.0515. The molecule has 1 heterocycles. The van der Waals surface area contributed by atoms with Crippen molar-refractivity contribution in [2.45, 2.75) is 51.3 Å². The Morgan fingerprint density at radius 3 is 2.63 bits per heavy atom. The standard InChI is InChI=1S/C20H23F2N3O4.ClH/c1-10(23)17-16(18(26)24-13-5-6-13)25-19(29-17)12-4-7-14(28-20(21)22)15(8-12)27-9-11-2-3-11;/h4,7-8,10-11,13,20H,2-3,5-6,9,23H2,1H3,(H,24,26);1H. The zero-order valence-corrected chi connectivity index (χ0v) is 17.2. The number of hydrogen-bond donors (Lipinski definition) is 2. The fraction of sp³-hybridized carbons (Fsp3) is 0.500. The number of benzene rings is 1. The molecule has 0 aliphatic heterocycles. The van der Waals surface area contributed by atoms with E-state index in [1.54, 1.807) is 6.92 Å². The van der Waals surface area contributed by atoms with Crippen LogP contribution in [0.1, 0.15) is 54.9 Å². The number of oxazole rings is 1. The first kappa shape index (κ1) is 22.3. The number of ether oxygens (including phenoxy) is 2. The highest BCUT2D eigenvalue weighted by Gasteiger charge is 2.29. The summed E-state index contributed by atoms with van der Waals surface area (Å²) in [5, 5.41) is 2.87. The Morgan fingerprint density at radius 2 is 2.03 bits per heavy atom. The molecule has 7 nitrogen and oxygen atoms in total. The fourth-order valence-electron chi connectivity index (χ4n) is 2.85. The lowest BCUT2D eigenvalue weighted by Gasteiger charge is -2.12. The van der Waals surface area contributed by atoms with Gasteiger partial charge in [0, 0.05) is 11.6 Å². The molecular formula is C20H24ClF2N3O4. The van der Waals surface area contributed by atoms with E-state index in [0.717, 1.165) is 25.7 Å². The normalized spacial score (nSPS) is 16.7. The Balaban J connectivity index is 0.00000256. The number of alkyl halides is 2. The largest absolute Gasteiger partial charge is 0.489 e. The molecule has 3 N–H and O–H groups in total. The third-order valence-corrected chi connectivity index (χ3v) is 4.77. The van der Waals surface area contributed by atoms with Crippen LogP contribution < -0.4 is 20.5 Å². The van der Waals surface area contributed by atoms with Crippen molar-refractivity contribution in [2.24, 2.45) is 11.7 Å². The number of carbonyl (C=O) groups is 1. The second-order valence-corrected chi connectivity index (χ2v) is 7.56. The summed E-state index contributed by atoms with van der Waals surface area (Å²) in [6.07, 6.45) is 4.00. The third kappa shape index (κ3) is 5.40. The molecule has 2 aliphatic rings. The highest BCUT2D eigenvalue weighted by atomic mass is 35.5. The van der Waals surface area contributed by atoms with Gasteiger partial charge in [-0.25, -0.2) is 4.98 Å². The van der Waals surface area contributed by atoms with E-state index in [9.17, 15) is 13.6 Å². The zero-order chi connectivity index (χ0) is 20.5. The van der Waals surface area contributed by atoms with Crippen LogP contribution in [-0.4, -0.2) is 30.2 Å². The molecule has 0 saturated heterocycles. The molecule has 1 aromatic carbocycles. The summed E-state index contributed by atoms with van der Waals surface area (Å²) in [6.45, 7) is -0.843. The first-order valence-corrected chi connectivity index (χ1v) is 9.70. The number of nitrogens with one attached hydrogen (secondary N) is 1. The quantitative estimate of drug-likeness (QED) is 0.606. The number of aromatic nitrogens is 1. The van der Waals surface area contributed by atoms with Crippen LogP contribution in [0.4, 0.5) is 8.78 Å². The number of halogens is 3. The van der Waals surface area contributed by atoms with E-state index in [2.05, 4.69) is 15.0 Å². The van der Waals surface area contributed by atoms with Crippen molar-refractivity contribution in [3.05, 3.63) is 29.7 Å². The van der Waals surface area contributed by atoms with Crippen LogP contribution >= 0.6 is 12.4 Å². The molecule has 1 atom stereocenters. The minimum Gasteiger partial charge on any atom is -0.489 e. The molecule has 0 spiro atoms. The third-order valence-electron chi connectivity index (χ3n) is 4.77. The maximum absolute atomic E-state index is 12.7. The average Bonchev–Trinajstić information content (AvgIpc) is 3.59. The van der Waals surface area contributed by atoms with Crippen molar-refractivity contribution in [3.8, 4) is 23.0 Å². The van der Waals surface area contributed by atoms with Crippen LogP contribution in [0.2, 0.25) is 0 Å². The Morgan fingerprint density at radius 1 is 1.30 bits per heavy atom. The van der Waals surface area contributed by atoms with Crippen molar-refractivity contribution >= 4 is 18.3 Å². The van der Waals surface area contributed by atoms with Gasteiger partial charge in [-0.3, -0.25) is 4.79 Å². The van der Waals surface area contributed by atoms with Gasteiger partial charge in [0.1, 0.15) is 0 Å². The first-order valence-electron chi connectivity index (χ1n) is 9.70. The van der Waals surface area contributed by atoms with E-state index in [0.29, 0.717) is 18.1 Å². The van der Waals surface area contributed by atoms with Gasteiger partial charge in [0.2, 0.25) is 5.89 Å². The summed E-state index contributed by atoms with van der Waals surface area (Å²) in [5.41, 5.74) is 6.56. The molecule has 1 unspecified atom stereocenters. The highest BCUT2D eigenvalue weighted by molar-refractivity contribution is 5.94. The van der Waals surface area contributed by atoms with E-state index in [4.69, 9.17) is 14.9 Å². The molecule has 30 heavy (non-hydrogen) atoms. The summed E-state index contributed by atoms with van der Waals surface area (Å²) < 4.78 is 41.4. The predicted octanol–water partition coefficient (Wildman–Crippen LogP) is 4.07. The van der Waals surface area contributed by atoms with E-state index >= 15 is 0 Å². The lowest BCUT2D eigenvalue weighted by Crippen LogP contribution is -2.27. The monoisotopic (exact) mass is 443 g/mol. The fourth-order valence-corrected chi connectivity index (χ4v) is 2.85. The molecule has 0 bridgehead atoms. The van der Waals surface area contributed by atoms with Crippen molar-refractivity contribution in [2.75, 3.05) is 6.61 Å². The maximum atomic E-state index is 12.7. The Labute approximate surface area is 178 Å². The molecule has 2 aromatic rings. The second kappa shape index (κ2) is 9.18. The van der Waals surface area contributed by atoms with E-state index < -0.39 is 12.7 Å². The summed E-state index contributed by atoms with van der Waals surface area (Å²) >= 11 is 0.